The minimum Gasteiger partial charge on any atom is -0.391 e. The fourth-order valence-electron chi connectivity index (χ4n) is 4.86. The first-order valence-corrected chi connectivity index (χ1v) is 9.93. The molecule has 2 atom stereocenters. The molecule has 5 nitrogen and oxygen atoms in total. The van der Waals surface area contributed by atoms with Crippen LogP contribution in [0.4, 0.5) is 0 Å². The molecule has 0 spiro atoms. The van der Waals surface area contributed by atoms with E-state index in [4.69, 9.17) is 4.74 Å². The second-order valence-corrected chi connectivity index (χ2v) is 7.96. The fraction of sp³-hybridized carbons (Fsp3) is 0.947. The molecule has 0 aromatic carbocycles. The first kappa shape index (κ1) is 18.2. The van der Waals surface area contributed by atoms with Crippen molar-refractivity contribution in [2.24, 2.45) is 0 Å². The van der Waals surface area contributed by atoms with Crippen molar-refractivity contribution in [3.05, 3.63) is 0 Å². The van der Waals surface area contributed by atoms with Gasteiger partial charge in [-0.1, -0.05) is 32.1 Å². The van der Waals surface area contributed by atoms with Gasteiger partial charge in [0, 0.05) is 32.3 Å². The maximum atomic E-state index is 12.8. The Morgan fingerprint density at radius 2 is 1.71 bits per heavy atom. The molecule has 3 rings (SSSR count). The van der Waals surface area contributed by atoms with Crippen molar-refractivity contribution in [2.75, 3.05) is 20.2 Å². The highest BCUT2D eigenvalue weighted by atomic mass is 16.5. The van der Waals surface area contributed by atoms with Gasteiger partial charge in [0.25, 0.3) is 5.91 Å². The summed E-state index contributed by atoms with van der Waals surface area (Å²) in [4.78, 5) is 15.2. The summed E-state index contributed by atoms with van der Waals surface area (Å²) in [6.07, 6.45) is 11.3. The SMILES string of the molecule is COC1(C(=O)NC2CCN(C3CCCCC3O)CC2)CCCCC1. The standard InChI is InChI=1S/C19H34N2O3/c1-24-19(11-5-2-6-12-19)18(23)20-15-9-13-21(14-10-15)16-7-3-4-8-17(16)22/h15-17,22H,2-14H2,1H3,(H,20,23). The van der Waals surface area contributed by atoms with Gasteiger partial charge in [-0.15, -0.1) is 0 Å². The Morgan fingerprint density at radius 1 is 1.04 bits per heavy atom. The number of carbonyl (C=O) groups excluding carboxylic acids is 1. The van der Waals surface area contributed by atoms with Crippen molar-refractivity contribution in [1.82, 2.24) is 10.2 Å². The second kappa shape index (κ2) is 8.15. The van der Waals surface area contributed by atoms with Crippen molar-refractivity contribution in [2.45, 2.75) is 94.4 Å². The van der Waals surface area contributed by atoms with E-state index < -0.39 is 5.60 Å². The predicted molar refractivity (Wildman–Crippen MR) is 93.8 cm³/mol. The zero-order valence-corrected chi connectivity index (χ0v) is 15.1. The highest BCUT2D eigenvalue weighted by molar-refractivity contribution is 5.85. The second-order valence-electron chi connectivity index (χ2n) is 7.96. The number of carbonyl (C=O) groups is 1. The number of aliphatic hydroxyl groups is 1. The number of nitrogens with zero attached hydrogens (tertiary/aromatic N) is 1. The summed E-state index contributed by atoms with van der Waals surface area (Å²) >= 11 is 0. The third-order valence-electron chi connectivity index (χ3n) is 6.49. The monoisotopic (exact) mass is 338 g/mol. The molecule has 3 fully saturated rings. The third-order valence-corrected chi connectivity index (χ3v) is 6.49. The molecule has 2 aliphatic carbocycles. The highest BCUT2D eigenvalue weighted by Crippen LogP contribution is 2.32. The van der Waals surface area contributed by atoms with Crippen LogP contribution < -0.4 is 5.32 Å². The number of hydrogen-bond acceptors (Lipinski definition) is 4. The summed E-state index contributed by atoms with van der Waals surface area (Å²) < 4.78 is 5.66. The van der Waals surface area contributed by atoms with Crippen LogP contribution in [0.1, 0.15) is 70.6 Å². The minimum absolute atomic E-state index is 0.0980. The van der Waals surface area contributed by atoms with Crippen molar-refractivity contribution < 1.29 is 14.6 Å². The minimum atomic E-state index is -0.588. The molecule has 3 aliphatic rings. The summed E-state index contributed by atoms with van der Waals surface area (Å²) in [5.74, 6) is 0.0980. The number of ether oxygens (including phenoxy) is 1. The molecule has 0 radical (unpaired) electrons. The number of piperidine rings is 1. The van der Waals surface area contributed by atoms with Crippen LogP contribution in [0.15, 0.2) is 0 Å². The molecular weight excluding hydrogens is 304 g/mol. The van der Waals surface area contributed by atoms with Gasteiger partial charge in [-0.2, -0.15) is 0 Å². The molecule has 2 unspecified atom stereocenters. The van der Waals surface area contributed by atoms with Gasteiger partial charge >= 0.3 is 0 Å². The van der Waals surface area contributed by atoms with Gasteiger partial charge < -0.3 is 15.2 Å². The summed E-state index contributed by atoms with van der Waals surface area (Å²) in [5.41, 5.74) is -0.588. The Kier molecular flexibility index (Phi) is 6.17. The number of amides is 1. The summed E-state index contributed by atoms with van der Waals surface area (Å²) in [5, 5.41) is 13.5. The van der Waals surface area contributed by atoms with Gasteiger partial charge in [0.1, 0.15) is 5.60 Å². The number of aliphatic hydroxyl groups excluding tert-OH is 1. The van der Waals surface area contributed by atoms with E-state index in [1.165, 1.54) is 12.8 Å². The van der Waals surface area contributed by atoms with Crippen molar-refractivity contribution in [3.63, 3.8) is 0 Å². The number of methoxy groups -OCH3 is 1. The lowest BCUT2D eigenvalue weighted by Crippen LogP contribution is -2.56. The van der Waals surface area contributed by atoms with Gasteiger partial charge in [-0.3, -0.25) is 9.69 Å². The molecule has 1 amide bonds. The lowest BCUT2D eigenvalue weighted by atomic mass is 9.83. The first-order chi connectivity index (χ1) is 11.6. The molecule has 0 bridgehead atoms. The number of rotatable bonds is 4. The number of likely N-dealkylation sites (tertiary alicyclic amines) is 1. The van der Waals surface area contributed by atoms with E-state index in [0.717, 1.165) is 70.9 Å². The number of nitrogens with one attached hydrogen (secondary N) is 1. The summed E-state index contributed by atoms with van der Waals surface area (Å²) in [6, 6.07) is 0.586. The van der Waals surface area contributed by atoms with Crippen LogP contribution in [-0.4, -0.2) is 59.9 Å². The average Bonchev–Trinajstić information content (AvgIpc) is 2.63. The first-order valence-electron chi connectivity index (χ1n) is 9.93. The van der Waals surface area contributed by atoms with E-state index in [2.05, 4.69) is 10.2 Å². The van der Waals surface area contributed by atoms with Crippen molar-refractivity contribution in [1.29, 1.82) is 0 Å². The van der Waals surface area contributed by atoms with E-state index in [0.29, 0.717) is 6.04 Å². The molecule has 0 aromatic rings. The molecule has 1 saturated heterocycles. The third kappa shape index (κ3) is 3.94. The normalized spacial score (nSPS) is 32.4. The van der Waals surface area contributed by atoms with Gasteiger partial charge in [0.05, 0.1) is 6.10 Å². The van der Waals surface area contributed by atoms with E-state index in [-0.39, 0.29) is 18.1 Å². The zero-order chi connectivity index (χ0) is 17.0. The molecule has 2 saturated carbocycles. The maximum Gasteiger partial charge on any atom is 0.252 e. The maximum absolute atomic E-state index is 12.8. The van der Waals surface area contributed by atoms with E-state index in [1.54, 1.807) is 7.11 Å². The molecule has 1 heterocycles. The van der Waals surface area contributed by atoms with Crippen LogP contribution in [0, 0.1) is 0 Å². The average molecular weight is 338 g/mol. The predicted octanol–water partition coefficient (Wildman–Crippen LogP) is 2.22. The Labute approximate surface area is 146 Å². The van der Waals surface area contributed by atoms with Gasteiger partial charge in [0.2, 0.25) is 0 Å². The van der Waals surface area contributed by atoms with E-state index >= 15 is 0 Å². The Hall–Kier alpha value is -0.650. The Morgan fingerprint density at radius 3 is 2.33 bits per heavy atom. The van der Waals surface area contributed by atoms with E-state index in [9.17, 15) is 9.90 Å². The van der Waals surface area contributed by atoms with Gasteiger partial charge in [-0.05, 0) is 38.5 Å². The van der Waals surface area contributed by atoms with Gasteiger partial charge in [-0.25, -0.2) is 0 Å². The Balaban J connectivity index is 1.49. The van der Waals surface area contributed by atoms with Crippen molar-refractivity contribution in [3.8, 4) is 0 Å². The lowest BCUT2D eigenvalue weighted by molar-refractivity contribution is -0.148. The van der Waals surface area contributed by atoms with Crippen LogP contribution in [0.2, 0.25) is 0 Å². The molecular formula is C19H34N2O3. The quantitative estimate of drug-likeness (QED) is 0.825. The molecule has 138 valence electrons. The van der Waals surface area contributed by atoms with Gasteiger partial charge in [0.15, 0.2) is 0 Å². The molecule has 2 N–H and O–H groups in total. The summed E-state index contributed by atoms with van der Waals surface area (Å²) in [7, 11) is 1.68. The van der Waals surface area contributed by atoms with E-state index in [1.807, 2.05) is 0 Å². The van der Waals surface area contributed by atoms with Crippen LogP contribution in [-0.2, 0) is 9.53 Å². The summed E-state index contributed by atoms with van der Waals surface area (Å²) in [6.45, 7) is 1.96. The topological polar surface area (TPSA) is 61.8 Å². The van der Waals surface area contributed by atoms with Crippen LogP contribution in [0.5, 0.6) is 0 Å². The van der Waals surface area contributed by atoms with Crippen molar-refractivity contribution >= 4 is 5.91 Å². The van der Waals surface area contributed by atoms with Crippen LogP contribution in [0.3, 0.4) is 0 Å². The zero-order valence-electron chi connectivity index (χ0n) is 15.1. The molecule has 5 heteroatoms. The van der Waals surface area contributed by atoms with Crippen LogP contribution >= 0.6 is 0 Å². The smallest absolute Gasteiger partial charge is 0.252 e. The molecule has 0 aromatic heterocycles. The lowest BCUT2D eigenvalue weighted by Gasteiger charge is -2.42. The largest absolute Gasteiger partial charge is 0.391 e. The molecule has 24 heavy (non-hydrogen) atoms. The highest BCUT2D eigenvalue weighted by Gasteiger charge is 2.41. The Bertz CT molecular complexity index is 415. The molecule has 1 aliphatic heterocycles. The number of hydrogen-bond donors (Lipinski definition) is 2. The fourth-order valence-corrected chi connectivity index (χ4v) is 4.86. The van der Waals surface area contributed by atoms with Crippen LogP contribution in [0.25, 0.3) is 0 Å².